The van der Waals surface area contributed by atoms with E-state index in [1.165, 1.54) is 18.7 Å². The van der Waals surface area contributed by atoms with Crippen LogP contribution in [-0.4, -0.2) is 75.3 Å². The van der Waals surface area contributed by atoms with Crippen LogP contribution in [0.5, 0.6) is 0 Å². The lowest BCUT2D eigenvalue weighted by Crippen LogP contribution is -2.71. The van der Waals surface area contributed by atoms with Gasteiger partial charge in [-0.3, -0.25) is 19.3 Å². The number of carbonyl (C=O) groups excluding carboxylic acids is 4. The molecule has 0 spiro atoms. The molecule has 2 heterocycles. The number of carboxylic acids is 1. The van der Waals surface area contributed by atoms with E-state index in [9.17, 15) is 29.1 Å². The molecular formula is C25H39N3O8S. The van der Waals surface area contributed by atoms with Gasteiger partial charge in [-0.15, -0.1) is 11.8 Å². The Labute approximate surface area is 222 Å². The number of β-lactam (4-membered cyclic amide) rings is 1. The minimum atomic E-state index is -1.31. The molecule has 208 valence electrons. The summed E-state index contributed by atoms with van der Waals surface area (Å²) in [6.45, 7) is 8.29. The van der Waals surface area contributed by atoms with Crippen LogP contribution in [0.4, 0.5) is 4.79 Å². The molecule has 3 N–H and O–H groups in total. The molecule has 0 aromatic carbocycles. The molecule has 2 aliphatic heterocycles. The van der Waals surface area contributed by atoms with Crippen molar-refractivity contribution < 1.29 is 38.6 Å². The standard InChI is InChI=1S/C25H39N3O8S/c1-6-7-8-9-10-11-12-17(26-24(34)36-25(3,4)5)20(30)27-18-21(31)28-19(23(32)33)16(13-35-15(2)29)14-37-22(18)28/h17-18,22H,6-14H2,1-5H3,(H,26,34)(H,27,30)(H,32,33)/t17?,18-,22-/m1/s1. The number of hydrogen-bond donors (Lipinski definition) is 3. The van der Waals surface area contributed by atoms with Gasteiger partial charge in [0, 0.05) is 18.2 Å². The molecule has 1 unspecified atom stereocenters. The Morgan fingerprint density at radius 1 is 1.14 bits per heavy atom. The van der Waals surface area contributed by atoms with Gasteiger partial charge in [0.25, 0.3) is 5.91 Å². The third-order valence-corrected chi connectivity index (χ3v) is 7.19. The van der Waals surface area contributed by atoms with Crippen LogP contribution in [0.25, 0.3) is 0 Å². The molecule has 12 heteroatoms. The van der Waals surface area contributed by atoms with Crippen LogP contribution in [0.3, 0.4) is 0 Å². The smallest absolute Gasteiger partial charge is 0.408 e. The van der Waals surface area contributed by atoms with E-state index in [1.54, 1.807) is 20.8 Å². The van der Waals surface area contributed by atoms with Gasteiger partial charge in [-0.25, -0.2) is 9.59 Å². The van der Waals surface area contributed by atoms with Gasteiger partial charge in [-0.05, 0) is 27.2 Å². The lowest BCUT2D eigenvalue weighted by atomic mass is 10.0. The van der Waals surface area contributed by atoms with Gasteiger partial charge in [-0.2, -0.15) is 0 Å². The molecule has 37 heavy (non-hydrogen) atoms. The van der Waals surface area contributed by atoms with E-state index in [1.807, 2.05) is 0 Å². The van der Waals surface area contributed by atoms with Crippen LogP contribution in [0.15, 0.2) is 11.3 Å². The number of nitrogens with one attached hydrogen (secondary N) is 2. The minimum absolute atomic E-state index is 0.225. The summed E-state index contributed by atoms with van der Waals surface area (Å²) >= 11 is 1.28. The molecule has 1 fully saturated rings. The first-order valence-corrected chi connectivity index (χ1v) is 13.7. The Bertz CT molecular complexity index is 914. The molecule has 2 aliphatic rings. The maximum atomic E-state index is 13.1. The number of fused-ring (bicyclic) bond motifs is 1. The van der Waals surface area contributed by atoms with Gasteiger partial charge < -0.3 is 25.2 Å². The molecular weight excluding hydrogens is 502 g/mol. The number of esters is 1. The van der Waals surface area contributed by atoms with Crippen molar-refractivity contribution in [2.24, 2.45) is 0 Å². The van der Waals surface area contributed by atoms with Crippen molar-refractivity contribution in [3.05, 3.63) is 11.3 Å². The van der Waals surface area contributed by atoms with Gasteiger partial charge in [0.15, 0.2) is 0 Å². The second kappa shape index (κ2) is 13.7. The molecule has 0 aromatic heterocycles. The number of carbonyl (C=O) groups is 5. The molecule has 0 saturated carbocycles. The highest BCUT2D eigenvalue weighted by Gasteiger charge is 2.54. The van der Waals surface area contributed by atoms with Crippen molar-refractivity contribution in [3.8, 4) is 0 Å². The lowest BCUT2D eigenvalue weighted by molar-refractivity contribution is -0.151. The van der Waals surface area contributed by atoms with E-state index < -0.39 is 52.9 Å². The number of unbranched alkanes of at least 4 members (excludes halogenated alkanes) is 5. The van der Waals surface area contributed by atoms with Crippen LogP contribution in [0.1, 0.15) is 79.6 Å². The molecule has 2 rings (SSSR count). The van der Waals surface area contributed by atoms with E-state index in [4.69, 9.17) is 9.47 Å². The van der Waals surface area contributed by atoms with Crippen LogP contribution in [0.2, 0.25) is 0 Å². The summed E-state index contributed by atoms with van der Waals surface area (Å²) in [5.41, 5.74) is -0.650. The van der Waals surface area contributed by atoms with Gasteiger partial charge in [-0.1, -0.05) is 45.4 Å². The van der Waals surface area contributed by atoms with Crippen molar-refractivity contribution >= 4 is 41.6 Å². The zero-order valence-corrected chi connectivity index (χ0v) is 23.1. The van der Waals surface area contributed by atoms with E-state index in [0.29, 0.717) is 18.4 Å². The molecule has 3 atom stereocenters. The Kier molecular flexibility index (Phi) is 11.3. The zero-order chi connectivity index (χ0) is 27.8. The fourth-order valence-corrected chi connectivity index (χ4v) is 5.41. The van der Waals surface area contributed by atoms with Crippen molar-refractivity contribution in [3.63, 3.8) is 0 Å². The summed E-state index contributed by atoms with van der Waals surface area (Å²) in [5, 5.41) is 14.4. The fourth-order valence-electron chi connectivity index (χ4n) is 4.08. The van der Waals surface area contributed by atoms with E-state index in [2.05, 4.69) is 17.6 Å². The SMILES string of the molecule is CCCCCCCCC(NC(=O)OC(C)(C)C)C(=O)N[C@@H]1C(=O)N2C(C(=O)O)=C(COC(C)=O)CS[C@H]12. The molecule has 0 bridgehead atoms. The van der Waals surface area contributed by atoms with E-state index in [-0.39, 0.29) is 18.1 Å². The molecule has 0 radical (unpaired) electrons. The quantitative estimate of drug-likeness (QED) is 0.182. The average molecular weight is 542 g/mol. The number of nitrogens with zero attached hydrogens (tertiary/aromatic N) is 1. The highest BCUT2D eigenvalue weighted by molar-refractivity contribution is 8.00. The normalized spacial score (nSPS) is 19.9. The van der Waals surface area contributed by atoms with Gasteiger partial charge in [0.05, 0.1) is 0 Å². The first-order valence-electron chi connectivity index (χ1n) is 12.7. The summed E-state index contributed by atoms with van der Waals surface area (Å²) in [5.74, 6) is -2.73. The number of aliphatic carboxylic acids is 1. The van der Waals surface area contributed by atoms with Gasteiger partial charge >= 0.3 is 18.0 Å². The van der Waals surface area contributed by atoms with Gasteiger partial charge in [0.1, 0.15) is 35.4 Å². The molecule has 0 aliphatic carbocycles. The number of hydrogen-bond acceptors (Lipinski definition) is 8. The van der Waals surface area contributed by atoms with E-state index in [0.717, 1.165) is 37.0 Å². The van der Waals surface area contributed by atoms with Crippen LogP contribution in [0, 0.1) is 0 Å². The second-order valence-electron chi connectivity index (χ2n) is 10.2. The maximum absolute atomic E-state index is 13.1. The number of alkyl carbamates (subject to hydrolysis) is 1. The first kappa shape index (κ1) is 30.5. The Hall–Kier alpha value is -2.76. The van der Waals surface area contributed by atoms with E-state index >= 15 is 0 Å². The molecule has 3 amide bonds. The number of amides is 3. The second-order valence-corrected chi connectivity index (χ2v) is 11.3. The van der Waals surface area contributed by atoms with Crippen molar-refractivity contribution in [2.45, 2.75) is 103 Å². The number of ether oxygens (including phenoxy) is 2. The minimum Gasteiger partial charge on any atom is -0.477 e. The Morgan fingerprint density at radius 2 is 1.78 bits per heavy atom. The van der Waals surface area contributed by atoms with Crippen LogP contribution in [-0.2, 0) is 28.7 Å². The number of carboxylic acid groups (broad SMARTS) is 1. The highest BCUT2D eigenvalue weighted by atomic mass is 32.2. The monoisotopic (exact) mass is 541 g/mol. The Morgan fingerprint density at radius 3 is 2.38 bits per heavy atom. The molecule has 11 nitrogen and oxygen atoms in total. The maximum Gasteiger partial charge on any atom is 0.408 e. The topological polar surface area (TPSA) is 151 Å². The largest absolute Gasteiger partial charge is 0.477 e. The number of rotatable bonds is 13. The zero-order valence-electron chi connectivity index (χ0n) is 22.3. The van der Waals surface area contributed by atoms with Crippen LogP contribution >= 0.6 is 11.8 Å². The average Bonchev–Trinajstić information content (AvgIpc) is 2.80. The fraction of sp³-hybridized carbons (Fsp3) is 0.720. The predicted molar refractivity (Wildman–Crippen MR) is 137 cm³/mol. The van der Waals surface area contributed by atoms with Gasteiger partial charge in [0.2, 0.25) is 5.91 Å². The summed E-state index contributed by atoms with van der Waals surface area (Å²) < 4.78 is 10.2. The third-order valence-electron chi connectivity index (χ3n) is 5.85. The predicted octanol–water partition coefficient (Wildman–Crippen LogP) is 2.93. The first-order chi connectivity index (χ1) is 17.4. The highest BCUT2D eigenvalue weighted by Crippen LogP contribution is 2.40. The summed E-state index contributed by atoms with van der Waals surface area (Å²) in [4.78, 5) is 62.6. The molecule has 1 saturated heterocycles. The number of thioether (sulfide) groups is 1. The summed E-state index contributed by atoms with van der Waals surface area (Å²) in [6, 6.07) is -1.83. The summed E-state index contributed by atoms with van der Waals surface area (Å²) in [6.07, 6.45) is 5.69. The Balaban J connectivity index is 2.07. The molecule has 0 aromatic rings. The van der Waals surface area contributed by atoms with Crippen molar-refractivity contribution in [2.75, 3.05) is 12.4 Å². The lowest BCUT2D eigenvalue weighted by Gasteiger charge is -2.49. The third kappa shape index (κ3) is 8.94. The van der Waals surface area contributed by atoms with Crippen molar-refractivity contribution in [1.29, 1.82) is 0 Å². The van der Waals surface area contributed by atoms with Crippen LogP contribution < -0.4 is 10.6 Å². The van der Waals surface area contributed by atoms with Crippen molar-refractivity contribution in [1.82, 2.24) is 15.5 Å². The summed E-state index contributed by atoms with van der Waals surface area (Å²) in [7, 11) is 0.